The Bertz CT molecular complexity index is 414. The predicted octanol–water partition coefficient (Wildman–Crippen LogP) is 1.71. The van der Waals surface area contributed by atoms with E-state index < -0.39 is 5.97 Å². The summed E-state index contributed by atoms with van der Waals surface area (Å²) in [4.78, 5) is 26.6. The van der Waals surface area contributed by atoms with Crippen molar-refractivity contribution in [3.63, 3.8) is 0 Å². The molecule has 0 unspecified atom stereocenters. The molecule has 2 aliphatic heterocycles. The zero-order chi connectivity index (χ0) is 15.2. The van der Waals surface area contributed by atoms with Gasteiger partial charge in [-0.3, -0.25) is 4.79 Å². The van der Waals surface area contributed by atoms with Gasteiger partial charge in [0.1, 0.15) is 0 Å². The number of amides is 2. The first-order valence-corrected chi connectivity index (χ1v) is 7.59. The second-order valence-corrected chi connectivity index (χ2v) is 5.74. The van der Waals surface area contributed by atoms with Gasteiger partial charge in [-0.15, -0.1) is 0 Å². The molecule has 6 heteroatoms. The highest BCUT2D eigenvalue weighted by atomic mass is 16.5. The monoisotopic (exact) mass is 296 g/mol. The standard InChI is InChI=1S/C15H24N2O4/c1-12-3-2-7-17(11-12)15(20)16-8-4-13(5-9-16)21-10-6-14(18)19/h3,13H,2,4-11H2,1H3,(H,18,19). The third kappa shape index (κ3) is 4.74. The molecule has 0 aromatic carbocycles. The molecule has 0 bridgehead atoms. The van der Waals surface area contributed by atoms with Gasteiger partial charge in [0.05, 0.1) is 19.1 Å². The molecule has 0 spiro atoms. The third-order valence-electron chi connectivity index (χ3n) is 3.98. The van der Waals surface area contributed by atoms with E-state index in [1.807, 2.05) is 9.80 Å². The van der Waals surface area contributed by atoms with E-state index in [9.17, 15) is 9.59 Å². The number of hydrogen-bond donors (Lipinski definition) is 1. The molecular formula is C15H24N2O4. The van der Waals surface area contributed by atoms with E-state index in [1.165, 1.54) is 5.57 Å². The molecule has 0 aromatic rings. The lowest BCUT2D eigenvalue weighted by molar-refractivity contribution is -0.138. The molecule has 1 fully saturated rings. The van der Waals surface area contributed by atoms with Crippen LogP contribution in [-0.2, 0) is 9.53 Å². The predicted molar refractivity (Wildman–Crippen MR) is 78.1 cm³/mol. The fraction of sp³-hybridized carbons (Fsp3) is 0.733. The average Bonchev–Trinajstić information content (AvgIpc) is 2.47. The molecule has 2 heterocycles. The maximum Gasteiger partial charge on any atom is 0.320 e. The van der Waals surface area contributed by atoms with E-state index in [4.69, 9.17) is 9.84 Å². The van der Waals surface area contributed by atoms with Crippen LogP contribution in [0.4, 0.5) is 4.79 Å². The van der Waals surface area contributed by atoms with Gasteiger partial charge in [-0.2, -0.15) is 0 Å². The van der Waals surface area contributed by atoms with Crippen LogP contribution in [0.3, 0.4) is 0 Å². The summed E-state index contributed by atoms with van der Waals surface area (Å²) < 4.78 is 5.54. The Balaban J connectivity index is 1.72. The number of carbonyl (C=O) groups excluding carboxylic acids is 1. The van der Waals surface area contributed by atoms with Gasteiger partial charge in [0.2, 0.25) is 0 Å². The van der Waals surface area contributed by atoms with Crippen LogP contribution in [0.5, 0.6) is 0 Å². The van der Waals surface area contributed by atoms with Crippen molar-refractivity contribution in [3.8, 4) is 0 Å². The molecule has 2 rings (SSSR count). The molecule has 21 heavy (non-hydrogen) atoms. The Labute approximate surface area is 125 Å². The minimum absolute atomic E-state index is 0.0402. The molecule has 1 saturated heterocycles. The number of nitrogens with zero attached hydrogens (tertiary/aromatic N) is 2. The number of hydrogen-bond acceptors (Lipinski definition) is 3. The van der Waals surface area contributed by atoms with Crippen molar-refractivity contribution in [2.75, 3.05) is 32.8 Å². The van der Waals surface area contributed by atoms with Crippen LogP contribution < -0.4 is 0 Å². The lowest BCUT2D eigenvalue weighted by Gasteiger charge is -2.36. The Morgan fingerprint density at radius 3 is 2.62 bits per heavy atom. The summed E-state index contributed by atoms with van der Waals surface area (Å²) in [5.74, 6) is -0.837. The molecule has 0 saturated carbocycles. The first kappa shape index (κ1) is 15.8. The Hall–Kier alpha value is -1.56. The van der Waals surface area contributed by atoms with E-state index in [2.05, 4.69) is 13.0 Å². The number of ether oxygens (including phenoxy) is 1. The Kier molecular flexibility index (Phi) is 5.61. The van der Waals surface area contributed by atoms with E-state index in [-0.39, 0.29) is 25.2 Å². The van der Waals surface area contributed by atoms with Gasteiger partial charge in [0, 0.05) is 26.2 Å². The van der Waals surface area contributed by atoms with Crippen molar-refractivity contribution in [2.24, 2.45) is 0 Å². The summed E-state index contributed by atoms with van der Waals surface area (Å²) in [6.07, 6.45) is 4.82. The van der Waals surface area contributed by atoms with Crippen molar-refractivity contribution in [3.05, 3.63) is 11.6 Å². The molecular weight excluding hydrogens is 272 g/mol. The van der Waals surface area contributed by atoms with Crippen LogP contribution in [0.15, 0.2) is 11.6 Å². The molecule has 1 N–H and O–H groups in total. The van der Waals surface area contributed by atoms with Crippen LogP contribution in [-0.4, -0.2) is 65.8 Å². The summed E-state index contributed by atoms with van der Waals surface area (Å²) in [6, 6.07) is 0.117. The van der Waals surface area contributed by atoms with Crippen LogP contribution in [0.25, 0.3) is 0 Å². The van der Waals surface area contributed by atoms with Crippen molar-refractivity contribution in [2.45, 2.75) is 38.7 Å². The van der Waals surface area contributed by atoms with Gasteiger partial charge >= 0.3 is 12.0 Å². The second kappa shape index (κ2) is 7.45. The number of carbonyl (C=O) groups is 2. The van der Waals surface area contributed by atoms with Gasteiger partial charge < -0.3 is 19.6 Å². The van der Waals surface area contributed by atoms with Gasteiger partial charge in [-0.1, -0.05) is 11.6 Å². The Morgan fingerprint density at radius 1 is 1.29 bits per heavy atom. The molecule has 6 nitrogen and oxygen atoms in total. The maximum absolute atomic E-state index is 12.4. The van der Waals surface area contributed by atoms with Crippen molar-refractivity contribution in [1.29, 1.82) is 0 Å². The molecule has 0 radical (unpaired) electrons. The van der Waals surface area contributed by atoms with Gasteiger partial charge in [-0.05, 0) is 26.2 Å². The molecule has 2 amide bonds. The first-order valence-electron chi connectivity index (χ1n) is 7.59. The number of carboxylic acid groups (broad SMARTS) is 1. The summed E-state index contributed by atoms with van der Waals surface area (Å²) in [5.41, 5.74) is 1.25. The highest BCUT2D eigenvalue weighted by molar-refractivity contribution is 5.75. The molecule has 118 valence electrons. The average molecular weight is 296 g/mol. The normalized spacial score (nSPS) is 20.3. The van der Waals surface area contributed by atoms with Crippen LogP contribution in [0, 0.1) is 0 Å². The van der Waals surface area contributed by atoms with Crippen molar-refractivity contribution >= 4 is 12.0 Å². The highest BCUT2D eigenvalue weighted by Gasteiger charge is 2.27. The smallest absolute Gasteiger partial charge is 0.320 e. The summed E-state index contributed by atoms with van der Waals surface area (Å²) in [6.45, 7) is 5.22. The highest BCUT2D eigenvalue weighted by Crippen LogP contribution is 2.17. The fourth-order valence-corrected chi connectivity index (χ4v) is 2.80. The Morgan fingerprint density at radius 2 is 2.00 bits per heavy atom. The van der Waals surface area contributed by atoms with E-state index >= 15 is 0 Å². The van der Waals surface area contributed by atoms with Crippen molar-refractivity contribution < 1.29 is 19.4 Å². The molecule has 0 atom stereocenters. The zero-order valence-electron chi connectivity index (χ0n) is 12.6. The molecule has 0 aliphatic carbocycles. The van der Waals surface area contributed by atoms with Crippen LogP contribution >= 0.6 is 0 Å². The summed E-state index contributed by atoms with van der Waals surface area (Å²) >= 11 is 0. The number of carboxylic acids is 1. The van der Waals surface area contributed by atoms with Gasteiger partial charge in [0.15, 0.2) is 0 Å². The largest absolute Gasteiger partial charge is 0.481 e. The number of likely N-dealkylation sites (tertiary alicyclic amines) is 1. The molecule has 2 aliphatic rings. The van der Waals surface area contributed by atoms with Crippen LogP contribution in [0.2, 0.25) is 0 Å². The fourth-order valence-electron chi connectivity index (χ4n) is 2.80. The maximum atomic E-state index is 12.4. The van der Waals surface area contributed by atoms with Gasteiger partial charge in [0.25, 0.3) is 0 Å². The van der Waals surface area contributed by atoms with E-state index in [1.54, 1.807) is 0 Å². The zero-order valence-corrected chi connectivity index (χ0v) is 12.6. The summed E-state index contributed by atoms with van der Waals surface area (Å²) in [5, 5.41) is 8.58. The minimum atomic E-state index is -0.837. The number of rotatable bonds is 4. The number of urea groups is 1. The number of piperidine rings is 1. The quantitative estimate of drug-likeness (QED) is 0.802. The SMILES string of the molecule is CC1=CCCN(C(=O)N2CCC(OCCC(=O)O)CC2)C1. The molecule has 0 aromatic heterocycles. The second-order valence-electron chi connectivity index (χ2n) is 5.74. The topological polar surface area (TPSA) is 70.1 Å². The van der Waals surface area contributed by atoms with Crippen LogP contribution in [0.1, 0.15) is 32.6 Å². The van der Waals surface area contributed by atoms with Crippen molar-refractivity contribution in [1.82, 2.24) is 9.80 Å². The minimum Gasteiger partial charge on any atom is -0.481 e. The summed E-state index contributed by atoms with van der Waals surface area (Å²) in [7, 11) is 0. The van der Waals surface area contributed by atoms with Gasteiger partial charge in [-0.25, -0.2) is 4.79 Å². The van der Waals surface area contributed by atoms with E-state index in [0.29, 0.717) is 13.1 Å². The first-order chi connectivity index (χ1) is 10.1. The van der Waals surface area contributed by atoms with E-state index in [0.717, 1.165) is 32.4 Å². The lowest BCUT2D eigenvalue weighted by atomic mass is 10.1. The number of aliphatic carboxylic acids is 1. The third-order valence-corrected chi connectivity index (χ3v) is 3.98. The lowest BCUT2D eigenvalue weighted by Crippen LogP contribution is -2.49.